The van der Waals surface area contributed by atoms with Crippen molar-refractivity contribution >= 4 is 43.6 Å². The summed E-state index contributed by atoms with van der Waals surface area (Å²) in [6.45, 7) is 20.3. The Balaban J connectivity index is 1.12. The Morgan fingerprint density at radius 1 is 0.361 bits per heavy atom. The standard InChI is InChI=1S/C65H55N7/c1-63(2,3)44-22-29-57-53(34-44)50-20-13-14-21-56(50)71(57)47-25-27-49(43(33-47)39-67)61-68-60(41-17-11-10-12-18-41)69-62(70-61)51-28-26-48(37-52(51)42-19-15-16-40(32-42)38-66)72-58-30-23-45(64(4,5)6)35-54(58)55-36-46(65(7,8)9)24-31-59(55)72/h10-37H,1-9H3. The molecule has 11 aromatic rings. The third kappa shape index (κ3) is 7.98. The minimum absolute atomic E-state index is 0.0155. The van der Waals surface area contributed by atoms with Crippen LogP contribution in [0.4, 0.5) is 0 Å². The first-order valence-electron chi connectivity index (χ1n) is 24.6. The Morgan fingerprint density at radius 3 is 1.39 bits per heavy atom. The number of hydrogen-bond acceptors (Lipinski definition) is 5. The van der Waals surface area contributed by atoms with Gasteiger partial charge in [0.15, 0.2) is 17.5 Å². The van der Waals surface area contributed by atoms with Gasteiger partial charge in [-0.3, -0.25) is 0 Å². The second kappa shape index (κ2) is 17.0. The van der Waals surface area contributed by atoms with E-state index in [-0.39, 0.29) is 16.2 Å². The van der Waals surface area contributed by atoms with Crippen LogP contribution in [-0.4, -0.2) is 24.1 Å². The molecule has 8 aromatic carbocycles. The van der Waals surface area contributed by atoms with Gasteiger partial charge < -0.3 is 9.13 Å². The fourth-order valence-electron chi connectivity index (χ4n) is 10.1. The number of fused-ring (bicyclic) bond motifs is 6. The molecule has 7 nitrogen and oxygen atoms in total. The van der Waals surface area contributed by atoms with E-state index in [1.165, 1.54) is 32.8 Å². The van der Waals surface area contributed by atoms with E-state index in [1.54, 1.807) is 0 Å². The van der Waals surface area contributed by atoms with E-state index in [2.05, 4.69) is 187 Å². The van der Waals surface area contributed by atoms with E-state index >= 15 is 0 Å². The lowest BCUT2D eigenvalue weighted by Crippen LogP contribution is -2.10. The van der Waals surface area contributed by atoms with Crippen LogP contribution in [0.25, 0.3) is 100 Å². The van der Waals surface area contributed by atoms with Crippen LogP contribution in [0, 0.1) is 22.7 Å². The molecule has 0 fully saturated rings. The molecule has 0 unspecified atom stereocenters. The highest BCUT2D eigenvalue weighted by Gasteiger charge is 2.25. The maximum Gasteiger partial charge on any atom is 0.165 e. The molecule has 0 N–H and O–H groups in total. The minimum atomic E-state index is -0.0357. The summed E-state index contributed by atoms with van der Waals surface area (Å²) >= 11 is 0. The van der Waals surface area contributed by atoms with Crippen molar-refractivity contribution in [1.29, 1.82) is 10.5 Å². The number of hydrogen-bond donors (Lipinski definition) is 0. The zero-order valence-electron chi connectivity index (χ0n) is 42.3. The van der Waals surface area contributed by atoms with Crippen LogP contribution in [0.1, 0.15) is 90.1 Å². The molecule has 0 radical (unpaired) electrons. The van der Waals surface area contributed by atoms with E-state index < -0.39 is 0 Å². The lowest BCUT2D eigenvalue weighted by molar-refractivity contribution is 0.590. The van der Waals surface area contributed by atoms with E-state index in [1.807, 2.05) is 66.7 Å². The monoisotopic (exact) mass is 933 g/mol. The van der Waals surface area contributed by atoms with E-state index in [4.69, 9.17) is 15.0 Å². The third-order valence-electron chi connectivity index (χ3n) is 14.1. The minimum Gasteiger partial charge on any atom is -0.309 e. The fraction of sp³-hybridized carbons (Fsp3) is 0.185. The van der Waals surface area contributed by atoms with Crippen molar-refractivity contribution in [3.8, 4) is 68.8 Å². The summed E-state index contributed by atoms with van der Waals surface area (Å²) in [6.07, 6.45) is 0. The summed E-state index contributed by atoms with van der Waals surface area (Å²) in [5.41, 5.74) is 14.7. The SMILES string of the molecule is CC(C)(C)c1ccc2c(c1)c1ccccc1n2-c1ccc(-c2nc(-c3ccccc3)nc(-c3ccc(-n4c5ccc(C(C)(C)C)cc5c5cc(C(C)(C)C)ccc54)cc3-c3cccc(C#N)c3)n2)c(C#N)c1. The largest absolute Gasteiger partial charge is 0.309 e. The molecule has 0 aliphatic carbocycles. The Bertz CT molecular complexity index is 3990. The Labute approximate surface area is 421 Å². The van der Waals surface area contributed by atoms with Crippen LogP contribution in [0.15, 0.2) is 170 Å². The predicted octanol–water partition coefficient (Wildman–Crippen LogP) is 16.4. The third-order valence-corrected chi connectivity index (χ3v) is 14.1. The molecule has 3 aromatic heterocycles. The van der Waals surface area contributed by atoms with Crippen molar-refractivity contribution < 1.29 is 0 Å². The highest BCUT2D eigenvalue weighted by molar-refractivity contribution is 6.11. The van der Waals surface area contributed by atoms with Gasteiger partial charge in [-0.1, -0.05) is 141 Å². The molecule has 72 heavy (non-hydrogen) atoms. The van der Waals surface area contributed by atoms with Crippen molar-refractivity contribution in [2.24, 2.45) is 0 Å². The van der Waals surface area contributed by atoms with E-state index in [0.717, 1.165) is 61.1 Å². The average molecular weight is 934 g/mol. The van der Waals surface area contributed by atoms with Crippen LogP contribution in [0.3, 0.4) is 0 Å². The van der Waals surface area contributed by atoms with Gasteiger partial charge in [0.1, 0.15) is 0 Å². The van der Waals surface area contributed by atoms with Crippen LogP contribution in [-0.2, 0) is 16.2 Å². The van der Waals surface area contributed by atoms with Gasteiger partial charge in [-0.15, -0.1) is 0 Å². The number of para-hydroxylation sites is 1. The second-order valence-corrected chi connectivity index (χ2v) is 22.1. The summed E-state index contributed by atoms with van der Waals surface area (Å²) in [6, 6.07) is 63.7. The molecule has 0 saturated carbocycles. The van der Waals surface area contributed by atoms with Crippen LogP contribution >= 0.6 is 0 Å². The van der Waals surface area contributed by atoms with Gasteiger partial charge in [-0.05, 0) is 135 Å². The highest BCUT2D eigenvalue weighted by Crippen LogP contribution is 2.42. The number of nitrogens with zero attached hydrogens (tertiary/aromatic N) is 7. The molecule has 0 aliphatic heterocycles. The molecular formula is C65H55N7. The zero-order valence-corrected chi connectivity index (χ0v) is 42.3. The van der Waals surface area contributed by atoms with Crippen molar-refractivity contribution in [3.63, 3.8) is 0 Å². The molecule has 0 amide bonds. The Kier molecular flexibility index (Phi) is 10.8. The summed E-state index contributed by atoms with van der Waals surface area (Å²) < 4.78 is 4.59. The molecule has 3 heterocycles. The molecule has 0 spiro atoms. The van der Waals surface area contributed by atoms with Crippen LogP contribution in [0.2, 0.25) is 0 Å². The number of rotatable bonds is 6. The van der Waals surface area contributed by atoms with Gasteiger partial charge in [0.2, 0.25) is 0 Å². The molecule has 7 heteroatoms. The predicted molar refractivity (Wildman–Crippen MR) is 296 cm³/mol. The maximum absolute atomic E-state index is 11.0. The summed E-state index contributed by atoms with van der Waals surface area (Å²) in [5.74, 6) is 1.30. The highest BCUT2D eigenvalue weighted by atomic mass is 15.0. The molecule has 0 bridgehead atoms. The van der Waals surface area contributed by atoms with Crippen molar-refractivity contribution in [3.05, 3.63) is 198 Å². The first kappa shape index (κ1) is 45.8. The number of aromatic nitrogens is 5. The molecule has 350 valence electrons. The molecular weight excluding hydrogens is 879 g/mol. The van der Waals surface area contributed by atoms with Crippen LogP contribution < -0.4 is 0 Å². The number of nitriles is 2. The average Bonchev–Trinajstić information content (AvgIpc) is 3.89. The molecule has 0 saturated heterocycles. The molecule has 0 atom stereocenters. The second-order valence-electron chi connectivity index (χ2n) is 22.1. The van der Waals surface area contributed by atoms with Gasteiger partial charge >= 0.3 is 0 Å². The maximum atomic E-state index is 11.0. The van der Waals surface area contributed by atoms with Crippen molar-refractivity contribution in [1.82, 2.24) is 24.1 Å². The van der Waals surface area contributed by atoms with Gasteiger partial charge in [0, 0.05) is 49.6 Å². The summed E-state index contributed by atoms with van der Waals surface area (Å²) in [7, 11) is 0. The quantitative estimate of drug-likeness (QED) is 0.165. The zero-order chi connectivity index (χ0) is 50.3. The summed E-state index contributed by atoms with van der Waals surface area (Å²) in [5, 5.41) is 25.9. The normalized spacial score (nSPS) is 12.2. The lowest BCUT2D eigenvalue weighted by atomic mass is 9.85. The van der Waals surface area contributed by atoms with Crippen molar-refractivity contribution in [2.45, 2.75) is 78.6 Å². The number of benzene rings is 8. The van der Waals surface area contributed by atoms with E-state index in [0.29, 0.717) is 34.2 Å². The first-order chi connectivity index (χ1) is 34.5. The molecule has 0 aliphatic rings. The van der Waals surface area contributed by atoms with Gasteiger partial charge in [-0.2, -0.15) is 10.5 Å². The Morgan fingerprint density at radius 2 is 0.833 bits per heavy atom. The van der Waals surface area contributed by atoms with Crippen molar-refractivity contribution in [2.75, 3.05) is 0 Å². The fourth-order valence-corrected chi connectivity index (χ4v) is 10.1. The lowest BCUT2D eigenvalue weighted by Gasteiger charge is -2.19. The van der Waals surface area contributed by atoms with Gasteiger partial charge in [0.25, 0.3) is 0 Å². The smallest absolute Gasteiger partial charge is 0.165 e. The van der Waals surface area contributed by atoms with Gasteiger partial charge in [-0.25, -0.2) is 15.0 Å². The first-order valence-corrected chi connectivity index (χ1v) is 24.6. The topological polar surface area (TPSA) is 96.1 Å². The van der Waals surface area contributed by atoms with Crippen LogP contribution in [0.5, 0.6) is 0 Å². The molecule has 11 rings (SSSR count). The Hall–Kier alpha value is -8.65. The van der Waals surface area contributed by atoms with Gasteiger partial charge in [0.05, 0.1) is 45.3 Å². The van der Waals surface area contributed by atoms with E-state index in [9.17, 15) is 10.5 Å². The summed E-state index contributed by atoms with van der Waals surface area (Å²) in [4.78, 5) is 15.6.